The first-order chi connectivity index (χ1) is 11.2. The van der Waals surface area contributed by atoms with Crippen LogP contribution in [0.15, 0.2) is 12.1 Å². The Labute approximate surface area is 145 Å². The van der Waals surface area contributed by atoms with Crippen molar-refractivity contribution in [2.75, 3.05) is 12.4 Å². The molecule has 0 aliphatic heterocycles. The van der Waals surface area contributed by atoms with E-state index in [4.69, 9.17) is 9.47 Å². The number of nitrogens with one attached hydrogen (secondary N) is 2. The van der Waals surface area contributed by atoms with Gasteiger partial charge >= 0.3 is 6.09 Å². The maximum atomic E-state index is 11.9. The minimum absolute atomic E-state index is 0.157. The summed E-state index contributed by atoms with van der Waals surface area (Å²) >= 11 is 0. The van der Waals surface area contributed by atoms with Crippen LogP contribution in [0.2, 0.25) is 0 Å². The summed E-state index contributed by atoms with van der Waals surface area (Å²) < 4.78 is 10.8. The first-order valence-corrected chi connectivity index (χ1v) is 8.60. The number of ether oxygens (including phenoxy) is 2. The molecule has 1 fully saturated rings. The Morgan fingerprint density at radius 3 is 2.46 bits per heavy atom. The number of hydrogen-bond acceptors (Lipinski definition) is 4. The molecule has 1 aliphatic carbocycles. The van der Waals surface area contributed by atoms with E-state index in [2.05, 4.69) is 29.7 Å². The predicted molar refractivity (Wildman–Crippen MR) is 96.9 cm³/mol. The van der Waals surface area contributed by atoms with Crippen LogP contribution in [0.25, 0.3) is 0 Å². The highest BCUT2D eigenvalue weighted by Crippen LogP contribution is 2.31. The number of methoxy groups -OCH3 is 1. The Morgan fingerprint density at radius 2 is 1.83 bits per heavy atom. The first kappa shape index (κ1) is 18.4. The lowest BCUT2D eigenvalue weighted by molar-refractivity contribution is 0.0505. The number of carbonyl (C=O) groups is 1. The van der Waals surface area contributed by atoms with E-state index in [-0.39, 0.29) is 12.1 Å². The van der Waals surface area contributed by atoms with Crippen molar-refractivity contribution in [1.82, 2.24) is 5.32 Å². The van der Waals surface area contributed by atoms with Gasteiger partial charge in [-0.25, -0.2) is 4.79 Å². The van der Waals surface area contributed by atoms with Gasteiger partial charge in [-0.1, -0.05) is 6.07 Å². The van der Waals surface area contributed by atoms with Crippen molar-refractivity contribution in [2.45, 2.75) is 71.6 Å². The molecule has 1 saturated carbocycles. The van der Waals surface area contributed by atoms with Gasteiger partial charge in [0.05, 0.1) is 7.11 Å². The minimum Gasteiger partial charge on any atom is -0.496 e. The first-order valence-electron chi connectivity index (χ1n) is 8.60. The van der Waals surface area contributed by atoms with Crippen LogP contribution in [0.4, 0.5) is 10.5 Å². The highest BCUT2D eigenvalue weighted by Gasteiger charge is 2.28. The van der Waals surface area contributed by atoms with Gasteiger partial charge in [0.25, 0.3) is 0 Å². The zero-order valence-electron chi connectivity index (χ0n) is 15.7. The van der Waals surface area contributed by atoms with Crippen molar-refractivity contribution in [2.24, 2.45) is 0 Å². The van der Waals surface area contributed by atoms with Gasteiger partial charge < -0.3 is 20.1 Å². The van der Waals surface area contributed by atoms with Crippen molar-refractivity contribution in [1.29, 1.82) is 0 Å². The van der Waals surface area contributed by atoms with Gasteiger partial charge in [-0.3, -0.25) is 0 Å². The molecule has 2 N–H and O–H groups in total. The van der Waals surface area contributed by atoms with Crippen LogP contribution in [-0.2, 0) is 4.74 Å². The molecule has 0 spiro atoms. The number of benzene rings is 1. The number of alkyl carbamates (subject to hydrolysis) is 1. The van der Waals surface area contributed by atoms with Crippen molar-refractivity contribution in [3.8, 4) is 5.75 Å². The van der Waals surface area contributed by atoms with Crippen LogP contribution in [0.3, 0.4) is 0 Å². The fourth-order valence-corrected chi connectivity index (χ4v) is 3.24. The lowest BCUT2D eigenvalue weighted by Gasteiger charge is -2.22. The molecule has 2 rings (SSSR count). The molecule has 1 amide bonds. The van der Waals surface area contributed by atoms with Gasteiger partial charge in [0, 0.05) is 23.3 Å². The Kier molecular flexibility index (Phi) is 5.62. The lowest BCUT2D eigenvalue weighted by atomic mass is 10.1. The number of hydrogen-bond donors (Lipinski definition) is 2. The van der Waals surface area contributed by atoms with Gasteiger partial charge in [0.1, 0.15) is 11.4 Å². The number of carbonyl (C=O) groups excluding carboxylic acids is 1. The van der Waals surface area contributed by atoms with E-state index in [1.54, 1.807) is 7.11 Å². The van der Waals surface area contributed by atoms with Crippen LogP contribution < -0.4 is 15.4 Å². The summed E-state index contributed by atoms with van der Waals surface area (Å²) in [6, 6.07) is 4.67. The smallest absolute Gasteiger partial charge is 0.407 e. The molecule has 1 aliphatic rings. The third kappa shape index (κ3) is 4.79. The standard InChI is InChI=1S/C19H30N2O3/c1-12-7-10-16(13(2)17(12)23-6)20-14-8-9-15(11-14)21-18(22)24-19(3,4)5/h7,10,14-15,20H,8-9,11H2,1-6H3,(H,21,22). The Morgan fingerprint density at radius 1 is 1.17 bits per heavy atom. The van der Waals surface area contributed by atoms with Gasteiger partial charge in [-0.2, -0.15) is 0 Å². The van der Waals surface area contributed by atoms with Gasteiger partial charge in [0.2, 0.25) is 0 Å². The Balaban J connectivity index is 1.92. The molecule has 2 atom stereocenters. The van der Waals surface area contributed by atoms with Crippen LogP contribution in [0, 0.1) is 13.8 Å². The molecular formula is C19H30N2O3. The Bertz CT molecular complexity index is 593. The average molecular weight is 334 g/mol. The zero-order valence-corrected chi connectivity index (χ0v) is 15.7. The number of amides is 1. The molecule has 134 valence electrons. The fourth-order valence-electron chi connectivity index (χ4n) is 3.24. The monoisotopic (exact) mass is 334 g/mol. The normalized spacial score (nSPS) is 20.6. The fraction of sp³-hybridized carbons (Fsp3) is 0.632. The molecule has 0 bridgehead atoms. The molecule has 24 heavy (non-hydrogen) atoms. The molecule has 1 aromatic rings. The predicted octanol–water partition coefficient (Wildman–Crippen LogP) is 4.17. The second-order valence-corrected chi connectivity index (χ2v) is 7.59. The van der Waals surface area contributed by atoms with Crippen LogP contribution in [0.5, 0.6) is 5.75 Å². The van der Waals surface area contributed by atoms with E-state index >= 15 is 0 Å². The van der Waals surface area contributed by atoms with Crippen molar-refractivity contribution >= 4 is 11.8 Å². The minimum atomic E-state index is -0.462. The maximum absolute atomic E-state index is 11.9. The zero-order chi connectivity index (χ0) is 17.9. The summed E-state index contributed by atoms with van der Waals surface area (Å²) in [4.78, 5) is 11.9. The molecule has 0 heterocycles. The second-order valence-electron chi connectivity index (χ2n) is 7.59. The molecule has 5 heteroatoms. The Hall–Kier alpha value is -1.91. The molecule has 1 aromatic carbocycles. The topological polar surface area (TPSA) is 59.6 Å². The van der Waals surface area contributed by atoms with E-state index in [1.165, 1.54) is 0 Å². The molecule has 0 aromatic heterocycles. The highest BCUT2D eigenvalue weighted by atomic mass is 16.6. The van der Waals surface area contributed by atoms with Gasteiger partial charge in [0.15, 0.2) is 0 Å². The van der Waals surface area contributed by atoms with Crippen LogP contribution in [0.1, 0.15) is 51.2 Å². The van der Waals surface area contributed by atoms with Crippen LogP contribution >= 0.6 is 0 Å². The summed E-state index contributed by atoms with van der Waals surface area (Å²) in [6.45, 7) is 9.74. The SMILES string of the molecule is COc1c(C)ccc(NC2CCC(NC(=O)OC(C)(C)C)C2)c1C. The summed E-state index contributed by atoms with van der Waals surface area (Å²) in [5, 5.41) is 6.56. The molecule has 5 nitrogen and oxygen atoms in total. The van der Waals surface area contributed by atoms with Crippen molar-refractivity contribution in [3.05, 3.63) is 23.3 Å². The summed E-state index contributed by atoms with van der Waals surface area (Å²) in [5.74, 6) is 0.932. The average Bonchev–Trinajstić information content (AvgIpc) is 2.87. The van der Waals surface area contributed by atoms with E-state index in [9.17, 15) is 4.79 Å². The molecular weight excluding hydrogens is 304 g/mol. The number of anilines is 1. The largest absolute Gasteiger partial charge is 0.496 e. The summed E-state index contributed by atoms with van der Waals surface area (Å²) in [6.07, 6.45) is 2.55. The van der Waals surface area contributed by atoms with E-state index in [0.29, 0.717) is 6.04 Å². The maximum Gasteiger partial charge on any atom is 0.407 e. The van der Waals surface area contributed by atoms with Crippen molar-refractivity contribution < 1.29 is 14.3 Å². The quantitative estimate of drug-likeness (QED) is 0.867. The lowest BCUT2D eigenvalue weighted by Crippen LogP contribution is -2.38. The third-order valence-electron chi connectivity index (χ3n) is 4.32. The second kappa shape index (κ2) is 7.32. The highest BCUT2D eigenvalue weighted by molar-refractivity contribution is 5.68. The van der Waals surface area contributed by atoms with E-state index in [1.807, 2.05) is 27.7 Å². The molecule has 2 unspecified atom stereocenters. The van der Waals surface area contributed by atoms with Gasteiger partial charge in [-0.15, -0.1) is 0 Å². The number of aryl methyl sites for hydroxylation is 1. The van der Waals surface area contributed by atoms with E-state index in [0.717, 1.165) is 41.8 Å². The van der Waals surface area contributed by atoms with E-state index < -0.39 is 5.60 Å². The molecule has 0 saturated heterocycles. The molecule has 0 radical (unpaired) electrons. The van der Waals surface area contributed by atoms with Crippen LogP contribution in [-0.4, -0.2) is 30.9 Å². The van der Waals surface area contributed by atoms with Gasteiger partial charge in [-0.05, 0) is 65.5 Å². The summed E-state index contributed by atoms with van der Waals surface area (Å²) in [7, 11) is 1.70. The number of rotatable bonds is 4. The third-order valence-corrected chi connectivity index (χ3v) is 4.32. The van der Waals surface area contributed by atoms with Crippen molar-refractivity contribution in [3.63, 3.8) is 0 Å². The summed E-state index contributed by atoms with van der Waals surface area (Å²) in [5.41, 5.74) is 2.90.